The molecule has 0 unspecified atom stereocenters. The van der Waals surface area contributed by atoms with Crippen molar-refractivity contribution in [3.63, 3.8) is 0 Å². The van der Waals surface area contributed by atoms with Crippen LogP contribution in [0.2, 0.25) is 0 Å². The van der Waals surface area contributed by atoms with Crippen LogP contribution in [0.4, 0.5) is 5.69 Å². The SMILES string of the molecule is Cc1ccc(C(=O)N(C)c2ccccc2)cc1S(=O)(=O)N1CCN(C)CC1. The van der Waals surface area contributed by atoms with Crippen molar-refractivity contribution < 1.29 is 13.2 Å². The van der Waals surface area contributed by atoms with Crippen LogP contribution >= 0.6 is 0 Å². The number of para-hydroxylation sites is 1. The van der Waals surface area contributed by atoms with Crippen LogP contribution < -0.4 is 4.90 Å². The minimum atomic E-state index is -3.63. The lowest BCUT2D eigenvalue weighted by atomic mass is 10.1. The average molecular weight is 388 g/mol. The zero-order valence-corrected chi connectivity index (χ0v) is 16.7. The highest BCUT2D eigenvalue weighted by molar-refractivity contribution is 7.89. The number of carbonyl (C=O) groups is 1. The summed E-state index contributed by atoms with van der Waals surface area (Å²) in [7, 11) is 0.0402. The molecule has 1 fully saturated rings. The summed E-state index contributed by atoms with van der Waals surface area (Å²) in [6.07, 6.45) is 0. The van der Waals surface area contributed by atoms with Gasteiger partial charge >= 0.3 is 0 Å². The molecule has 0 aliphatic carbocycles. The first-order valence-electron chi connectivity index (χ1n) is 8.93. The largest absolute Gasteiger partial charge is 0.311 e. The summed E-state index contributed by atoms with van der Waals surface area (Å²) in [6.45, 7) is 4.08. The molecule has 0 atom stereocenters. The Morgan fingerprint density at radius 2 is 1.63 bits per heavy atom. The number of anilines is 1. The third-order valence-corrected chi connectivity index (χ3v) is 7.00. The Bertz CT molecular complexity index is 921. The Hall–Kier alpha value is -2.22. The third kappa shape index (κ3) is 4.05. The Morgan fingerprint density at radius 1 is 1.00 bits per heavy atom. The molecule has 0 N–H and O–H groups in total. The molecular formula is C20H25N3O3S. The predicted molar refractivity (Wildman–Crippen MR) is 107 cm³/mol. The number of aryl methyl sites for hydroxylation is 1. The van der Waals surface area contributed by atoms with E-state index in [0.29, 0.717) is 37.3 Å². The van der Waals surface area contributed by atoms with Gasteiger partial charge in [-0.25, -0.2) is 8.42 Å². The van der Waals surface area contributed by atoms with Crippen molar-refractivity contribution in [2.24, 2.45) is 0 Å². The summed E-state index contributed by atoms with van der Waals surface area (Å²) < 4.78 is 27.7. The van der Waals surface area contributed by atoms with Crippen molar-refractivity contribution in [2.75, 3.05) is 45.2 Å². The summed E-state index contributed by atoms with van der Waals surface area (Å²) >= 11 is 0. The number of rotatable bonds is 4. The van der Waals surface area contributed by atoms with Gasteiger partial charge < -0.3 is 9.80 Å². The van der Waals surface area contributed by atoms with E-state index in [9.17, 15) is 13.2 Å². The van der Waals surface area contributed by atoms with Crippen LogP contribution in [0.5, 0.6) is 0 Å². The van der Waals surface area contributed by atoms with Crippen molar-refractivity contribution >= 4 is 21.6 Å². The molecule has 2 aromatic rings. The van der Waals surface area contributed by atoms with Crippen LogP contribution in [0.1, 0.15) is 15.9 Å². The molecule has 0 aromatic heterocycles. The number of likely N-dealkylation sites (N-methyl/N-ethyl adjacent to an activating group) is 1. The Morgan fingerprint density at radius 3 is 2.26 bits per heavy atom. The summed E-state index contributed by atoms with van der Waals surface area (Å²) in [5.41, 5.74) is 1.76. The molecule has 0 bridgehead atoms. The number of carbonyl (C=O) groups excluding carboxylic acids is 1. The average Bonchev–Trinajstić information content (AvgIpc) is 2.68. The first-order valence-corrected chi connectivity index (χ1v) is 10.4. The van der Waals surface area contributed by atoms with Gasteiger partial charge in [0.2, 0.25) is 10.0 Å². The number of nitrogens with zero attached hydrogens (tertiary/aromatic N) is 3. The zero-order chi connectivity index (χ0) is 19.6. The number of hydrogen-bond donors (Lipinski definition) is 0. The maximum absolute atomic E-state index is 13.1. The van der Waals surface area contributed by atoms with Crippen molar-refractivity contribution in [2.45, 2.75) is 11.8 Å². The second-order valence-electron chi connectivity index (χ2n) is 6.89. The molecular weight excluding hydrogens is 362 g/mol. The van der Waals surface area contributed by atoms with Gasteiger partial charge in [0.1, 0.15) is 0 Å². The number of benzene rings is 2. The molecule has 1 aliphatic heterocycles. The van der Waals surface area contributed by atoms with Gasteiger partial charge in [0.05, 0.1) is 4.90 Å². The van der Waals surface area contributed by atoms with Gasteiger partial charge in [-0.05, 0) is 43.8 Å². The molecule has 27 heavy (non-hydrogen) atoms. The minimum Gasteiger partial charge on any atom is -0.311 e. The van der Waals surface area contributed by atoms with Crippen molar-refractivity contribution in [1.29, 1.82) is 0 Å². The molecule has 6 nitrogen and oxygen atoms in total. The van der Waals surface area contributed by atoms with Gasteiger partial charge in [-0.3, -0.25) is 4.79 Å². The van der Waals surface area contributed by atoms with Crippen LogP contribution in [-0.2, 0) is 10.0 Å². The highest BCUT2D eigenvalue weighted by Crippen LogP contribution is 2.24. The molecule has 3 rings (SSSR count). The van der Waals surface area contributed by atoms with Gasteiger partial charge in [0, 0.05) is 44.5 Å². The fourth-order valence-electron chi connectivity index (χ4n) is 3.14. The van der Waals surface area contributed by atoms with Crippen LogP contribution in [0.25, 0.3) is 0 Å². The molecule has 1 aliphatic rings. The van der Waals surface area contributed by atoms with E-state index in [1.807, 2.05) is 37.4 Å². The van der Waals surface area contributed by atoms with E-state index >= 15 is 0 Å². The lowest BCUT2D eigenvalue weighted by molar-refractivity contribution is 0.0993. The highest BCUT2D eigenvalue weighted by atomic mass is 32.2. The number of amides is 1. The zero-order valence-electron chi connectivity index (χ0n) is 15.9. The maximum Gasteiger partial charge on any atom is 0.258 e. The quantitative estimate of drug-likeness (QED) is 0.807. The topological polar surface area (TPSA) is 60.9 Å². The molecule has 1 amide bonds. The van der Waals surface area contributed by atoms with E-state index in [2.05, 4.69) is 4.90 Å². The Balaban J connectivity index is 1.91. The van der Waals surface area contributed by atoms with Gasteiger partial charge in [0.15, 0.2) is 0 Å². The lowest BCUT2D eigenvalue weighted by Gasteiger charge is -2.32. The number of hydrogen-bond acceptors (Lipinski definition) is 4. The van der Waals surface area contributed by atoms with Crippen LogP contribution in [0.3, 0.4) is 0 Å². The van der Waals surface area contributed by atoms with Crippen molar-refractivity contribution in [3.05, 3.63) is 59.7 Å². The number of sulfonamides is 1. The van der Waals surface area contributed by atoms with Crippen LogP contribution in [-0.4, -0.2) is 63.8 Å². The van der Waals surface area contributed by atoms with E-state index in [1.54, 1.807) is 26.1 Å². The molecule has 7 heteroatoms. The Kier molecular flexibility index (Phi) is 5.64. The molecule has 0 spiro atoms. The molecule has 144 valence electrons. The third-order valence-electron chi connectivity index (χ3n) is 4.96. The normalized spacial score (nSPS) is 16.3. The monoisotopic (exact) mass is 387 g/mol. The highest BCUT2D eigenvalue weighted by Gasteiger charge is 2.29. The molecule has 2 aromatic carbocycles. The molecule has 0 radical (unpaired) electrons. The van der Waals surface area contributed by atoms with Crippen LogP contribution in [0, 0.1) is 6.92 Å². The number of piperazine rings is 1. The van der Waals surface area contributed by atoms with E-state index in [0.717, 1.165) is 5.69 Å². The maximum atomic E-state index is 13.1. The summed E-state index contributed by atoms with van der Waals surface area (Å²) in [5.74, 6) is -0.240. The van der Waals surface area contributed by atoms with Crippen molar-refractivity contribution in [1.82, 2.24) is 9.21 Å². The van der Waals surface area contributed by atoms with E-state index in [4.69, 9.17) is 0 Å². The second kappa shape index (κ2) is 7.80. The van der Waals surface area contributed by atoms with Gasteiger partial charge in [-0.2, -0.15) is 4.31 Å². The smallest absolute Gasteiger partial charge is 0.258 e. The fourth-order valence-corrected chi connectivity index (χ4v) is 4.81. The molecule has 1 saturated heterocycles. The summed E-state index contributed by atoms with van der Waals surface area (Å²) in [5, 5.41) is 0. The van der Waals surface area contributed by atoms with Gasteiger partial charge in [0.25, 0.3) is 5.91 Å². The minimum absolute atomic E-state index is 0.208. The van der Waals surface area contributed by atoms with Gasteiger partial charge in [-0.15, -0.1) is 0 Å². The molecule has 1 heterocycles. The Labute approximate surface area is 161 Å². The van der Waals surface area contributed by atoms with Crippen LogP contribution in [0.15, 0.2) is 53.4 Å². The first-order chi connectivity index (χ1) is 12.8. The van der Waals surface area contributed by atoms with Crippen molar-refractivity contribution in [3.8, 4) is 0 Å². The second-order valence-corrected chi connectivity index (χ2v) is 8.79. The first kappa shape index (κ1) is 19.5. The van der Waals surface area contributed by atoms with Gasteiger partial charge in [-0.1, -0.05) is 24.3 Å². The molecule has 0 saturated carbocycles. The summed E-state index contributed by atoms with van der Waals surface area (Å²) in [6, 6.07) is 14.2. The lowest BCUT2D eigenvalue weighted by Crippen LogP contribution is -2.47. The van der Waals surface area contributed by atoms with E-state index in [1.165, 1.54) is 15.3 Å². The van der Waals surface area contributed by atoms with E-state index in [-0.39, 0.29) is 10.8 Å². The fraction of sp³-hybridized carbons (Fsp3) is 0.350. The standard InChI is InChI=1S/C20H25N3O3S/c1-16-9-10-17(20(24)22(3)18-7-5-4-6-8-18)15-19(16)27(25,26)23-13-11-21(2)12-14-23/h4-10,15H,11-14H2,1-3H3. The van der Waals surface area contributed by atoms with E-state index < -0.39 is 10.0 Å². The predicted octanol–water partition coefficient (Wildman–Crippen LogP) is 2.21. The summed E-state index contributed by atoms with van der Waals surface area (Å²) in [4.78, 5) is 16.7.